The number of rotatable bonds is 5. The molecular weight excluding hydrogens is 294 g/mol. The van der Waals surface area contributed by atoms with Crippen molar-refractivity contribution in [3.05, 3.63) is 65.7 Å². The fourth-order valence-corrected chi connectivity index (χ4v) is 2.02. The minimum absolute atomic E-state index is 0.289. The SMILES string of the molecule is CCOC(=O)N(C)Cc1ccccc1OC(=O)c1ccccc1. The Bertz CT molecular complexity index is 670. The number of carbonyl (C=O) groups excluding carboxylic acids is 2. The molecule has 0 saturated heterocycles. The molecule has 0 aliphatic carbocycles. The summed E-state index contributed by atoms with van der Waals surface area (Å²) in [5, 5.41) is 0. The van der Waals surface area contributed by atoms with Gasteiger partial charge in [0.05, 0.1) is 18.7 Å². The number of ether oxygens (including phenoxy) is 2. The second-order valence-electron chi connectivity index (χ2n) is 4.92. The predicted octanol–water partition coefficient (Wildman–Crippen LogP) is 3.49. The molecule has 0 saturated carbocycles. The molecule has 2 aromatic carbocycles. The van der Waals surface area contributed by atoms with Crippen LogP contribution in [0.25, 0.3) is 0 Å². The summed E-state index contributed by atoms with van der Waals surface area (Å²) in [4.78, 5) is 25.3. The maximum atomic E-state index is 12.2. The van der Waals surface area contributed by atoms with E-state index in [9.17, 15) is 9.59 Å². The zero-order valence-corrected chi connectivity index (χ0v) is 13.2. The third-order valence-corrected chi connectivity index (χ3v) is 3.17. The highest BCUT2D eigenvalue weighted by molar-refractivity contribution is 5.91. The molecule has 0 aliphatic rings. The quantitative estimate of drug-likeness (QED) is 0.626. The Labute approximate surface area is 135 Å². The molecule has 23 heavy (non-hydrogen) atoms. The predicted molar refractivity (Wildman–Crippen MR) is 86.3 cm³/mol. The van der Waals surface area contributed by atoms with Crippen LogP contribution in [0, 0.1) is 0 Å². The molecule has 0 aromatic heterocycles. The van der Waals surface area contributed by atoms with Crippen molar-refractivity contribution < 1.29 is 19.1 Å². The highest BCUT2D eigenvalue weighted by atomic mass is 16.6. The lowest BCUT2D eigenvalue weighted by molar-refractivity contribution is 0.0732. The van der Waals surface area contributed by atoms with Gasteiger partial charge in [0.2, 0.25) is 0 Å². The number of hydrogen-bond acceptors (Lipinski definition) is 4. The first-order chi connectivity index (χ1) is 11.1. The number of para-hydroxylation sites is 1. The van der Waals surface area contributed by atoms with E-state index in [0.717, 1.165) is 5.56 Å². The number of carbonyl (C=O) groups is 2. The van der Waals surface area contributed by atoms with Gasteiger partial charge in [-0.15, -0.1) is 0 Å². The number of esters is 1. The van der Waals surface area contributed by atoms with Gasteiger partial charge in [0.15, 0.2) is 0 Å². The molecule has 0 unspecified atom stereocenters. The van der Waals surface area contributed by atoms with Crippen LogP contribution in [0.2, 0.25) is 0 Å². The minimum atomic E-state index is -0.433. The Morgan fingerprint density at radius 2 is 1.65 bits per heavy atom. The molecule has 0 bridgehead atoms. The zero-order valence-electron chi connectivity index (χ0n) is 13.2. The third-order valence-electron chi connectivity index (χ3n) is 3.17. The number of nitrogens with zero attached hydrogens (tertiary/aromatic N) is 1. The summed E-state index contributed by atoms with van der Waals surface area (Å²) in [6.45, 7) is 2.35. The minimum Gasteiger partial charge on any atom is -0.450 e. The number of benzene rings is 2. The molecule has 1 amide bonds. The van der Waals surface area contributed by atoms with Gasteiger partial charge in [0.25, 0.3) is 0 Å². The Morgan fingerprint density at radius 1 is 1.00 bits per heavy atom. The molecule has 0 spiro atoms. The number of amides is 1. The molecule has 0 fully saturated rings. The summed E-state index contributed by atoms with van der Waals surface area (Å²) in [7, 11) is 1.63. The van der Waals surface area contributed by atoms with Gasteiger partial charge < -0.3 is 14.4 Å². The second kappa shape index (κ2) is 7.98. The van der Waals surface area contributed by atoms with Crippen molar-refractivity contribution in [2.24, 2.45) is 0 Å². The first kappa shape index (κ1) is 16.5. The van der Waals surface area contributed by atoms with E-state index in [2.05, 4.69) is 0 Å². The lowest BCUT2D eigenvalue weighted by atomic mass is 10.2. The lowest BCUT2D eigenvalue weighted by Gasteiger charge is -2.18. The van der Waals surface area contributed by atoms with Crippen molar-refractivity contribution in [3.8, 4) is 5.75 Å². The van der Waals surface area contributed by atoms with Crippen molar-refractivity contribution in [2.75, 3.05) is 13.7 Å². The molecule has 0 heterocycles. The van der Waals surface area contributed by atoms with Crippen LogP contribution < -0.4 is 4.74 Å². The Kier molecular flexibility index (Phi) is 5.74. The van der Waals surface area contributed by atoms with E-state index in [1.54, 1.807) is 50.4 Å². The molecule has 0 aliphatic heterocycles. The van der Waals surface area contributed by atoms with E-state index in [1.807, 2.05) is 18.2 Å². The maximum absolute atomic E-state index is 12.2. The summed E-state index contributed by atoms with van der Waals surface area (Å²) in [6.07, 6.45) is -0.420. The van der Waals surface area contributed by atoms with Crippen LogP contribution in [0.15, 0.2) is 54.6 Å². The number of hydrogen-bond donors (Lipinski definition) is 0. The molecule has 0 radical (unpaired) electrons. The molecule has 2 aromatic rings. The van der Waals surface area contributed by atoms with Crippen molar-refractivity contribution in [1.29, 1.82) is 0 Å². The molecule has 0 N–H and O–H groups in total. The van der Waals surface area contributed by atoms with E-state index >= 15 is 0 Å². The van der Waals surface area contributed by atoms with E-state index in [-0.39, 0.29) is 6.54 Å². The van der Waals surface area contributed by atoms with E-state index in [0.29, 0.717) is 17.9 Å². The maximum Gasteiger partial charge on any atom is 0.409 e. The van der Waals surface area contributed by atoms with E-state index in [1.165, 1.54) is 4.90 Å². The third kappa shape index (κ3) is 4.57. The molecule has 0 atom stereocenters. The largest absolute Gasteiger partial charge is 0.450 e. The summed E-state index contributed by atoms with van der Waals surface area (Å²) in [6, 6.07) is 15.9. The van der Waals surface area contributed by atoms with Gasteiger partial charge in [-0.25, -0.2) is 9.59 Å². The van der Waals surface area contributed by atoms with Gasteiger partial charge in [0, 0.05) is 12.6 Å². The highest BCUT2D eigenvalue weighted by Crippen LogP contribution is 2.21. The van der Waals surface area contributed by atoms with Crippen LogP contribution in [0.3, 0.4) is 0 Å². The monoisotopic (exact) mass is 313 g/mol. The van der Waals surface area contributed by atoms with Crippen molar-refractivity contribution >= 4 is 12.1 Å². The second-order valence-corrected chi connectivity index (χ2v) is 4.92. The lowest BCUT2D eigenvalue weighted by Crippen LogP contribution is -2.27. The van der Waals surface area contributed by atoms with Crippen LogP contribution in [0.5, 0.6) is 5.75 Å². The first-order valence-corrected chi connectivity index (χ1v) is 7.35. The van der Waals surface area contributed by atoms with Gasteiger partial charge in [0.1, 0.15) is 5.75 Å². The topological polar surface area (TPSA) is 55.8 Å². The van der Waals surface area contributed by atoms with Crippen molar-refractivity contribution in [2.45, 2.75) is 13.5 Å². The van der Waals surface area contributed by atoms with Gasteiger partial charge in [-0.2, -0.15) is 0 Å². The van der Waals surface area contributed by atoms with Gasteiger partial charge >= 0.3 is 12.1 Å². The van der Waals surface area contributed by atoms with Crippen LogP contribution >= 0.6 is 0 Å². The molecular formula is C18H19NO4. The Hall–Kier alpha value is -2.82. The van der Waals surface area contributed by atoms with Gasteiger partial charge in [-0.05, 0) is 25.1 Å². The van der Waals surface area contributed by atoms with E-state index < -0.39 is 12.1 Å². The Morgan fingerprint density at radius 3 is 2.35 bits per heavy atom. The van der Waals surface area contributed by atoms with Gasteiger partial charge in [-0.3, -0.25) is 0 Å². The standard InChI is InChI=1S/C18H19NO4/c1-3-22-18(21)19(2)13-15-11-7-8-12-16(15)23-17(20)14-9-5-4-6-10-14/h4-12H,3,13H2,1-2H3. The van der Waals surface area contributed by atoms with Crippen LogP contribution in [0.4, 0.5) is 4.79 Å². The van der Waals surface area contributed by atoms with Crippen molar-refractivity contribution in [1.82, 2.24) is 4.90 Å². The summed E-state index contributed by atoms with van der Waals surface area (Å²) < 4.78 is 10.4. The first-order valence-electron chi connectivity index (χ1n) is 7.35. The Balaban J connectivity index is 2.11. The molecule has 2 rings (SSSR count). The van der Waals surface area contributed by atoms with Crippen LogP contribution in [-0.4, -0.2) is 30.6 Å². The summed E-state index contributed by atoms with van der Waals surface area (Å²) in [5.74, 6) is -0.00524. The van der Waals surface area contributed by atoms with E-state index in [4.69, 9.17) is 9.47 Å². The van der Waals surface area contributed by atoms with Crippen LogP contribution in [-0.2, 0) is 11.3 Å². The molecule has 5 heteroatoms. The fraction of sp³-hybridized carbons (Fsp3) is 0.222. The molecule has 120 valence electrons. The fourth-order valence-electron chi connectivity index (χ4n) is 2.02. The summed E-state index contributed by atoms with van der Waals surface area (Å²) >= 11 is 0. The highest BCUT2D eigenvalue weighted by Gasteiger charge is 2.15. The zero-order chi connectivity index (χ0) is 16.7. The van der Waals surface area contributed by atoms with Gasteiger partial charge in [-0.1, -0.05) is 36.4 Å². The van der Waals surface area contributed by atoms with Crippen LogP contribution in [0.1, 0.15) is 22.8 Å². The van der Waals surface area contributed by atoms with Crippen molar-refractivity contribution in [3.63, 3.8) is 0 Å². The normalized spacial score (nSPS) is 10.0. The molecule has 5 nitrogen and oxygen atoms in total. The smallest absolute Gasteiger partial charge is 0.409 e. The average Bonchev–Trinajstić information content (AvgIpc) is 2.57. The average molecular weight is 313 g/mol. The summed E-state index contributed by atoms with van der Waals surface area (Å²) in [5.41, 5.74) is 1.20.